The zero-order valence-corrected chi connectivity index (χ0v) is 88.7. The predicted molar refractivity (Wildman–Crippen MR) is 550 cm³/mol. The van der Waals surface area contributed by atoms with Gasteiger partial charge in [0.1, 0.15) is 38.2 Å². The maximum absolute atomic E-state index is 14.9. The number of amides is 7. The fourth-order valence-corrected chi connectivity index (χ4v) is 19.2. The number of anilines is 1. The molecule has 0 unspecified atom stereocenters. The second-order valence-electron chi connectivity index (χ2n) is 39.5. The smallest absolute Gasteiger partial charge is 0.407 e. The molecule has 0 bridgehead atoms. The molecule has 1 fully saturated rings. The molecule has 0 aliphatic carbocycles. The van der Waals surface area contributed by atoms with E-state index >= 15 is 0 Å². The molecule has 0 spiro atoms. The maximum atomic E-state index is 14.9. The number of aliphatic carboxylic acids is 5. The number of hydrogen-bond donors (Lipinski definition) is 12. The molecule has 1 saturated heterocycles. The number of hydrogen-bond acceptors (Lipinski definition) is 27. The topological polar surface area (TPSA) is 594 Å². The fraction of sp³-hybridized carbons (Fsp3) is 0.585. The minimum absolute atomic E-state index is 0.0195. The lowest BCUT2D eigenvalue weighted by Crippen LogP contribution is -2.52. The number of carboxylic acids is 5. The number of carbonyl (C=O) groups is 18. The van der Waals surface area contributed by atoms with E-state index in [1.807, 2.05) is 70.7 Å². The van der Waals surface area contributed by atoms with Gasteiger partial charge < -0.3 is 86.3 Å². The molecule has 40 nitrogen and oxygen atoms in total. The Labute approximate surface area is 868 Å². The number of rotatable bonds is 71. The molecular formula is C106H149N10O30S2+. The highest BCUT2D eigenvalue weighted by atomic mass is 32.2. The number of oxime groups is 1. The summed E-state index contributed by atoms with van der Waals surface area (Å²) in [4.78, 5) is 251. The highest BCUT2D eigenvalue weighted by Crippen LogP contribution is 2.49. The molecule has 3 aromatic carbocycles. The monoisotopic (exact) mass is 2110 g/mol. The Kier molecular flexibility index (Phi) is 51.5. The van der Waals surface area contributed by atoms with Crippen LogP contribution in [0.25, 0.3) is 0 Å². The zero-order chi connectivity index (χ0) is 110. The molecule has 7 amide bonds. The summed E-state index contributed by atoms with van der Waals surface area (Å²) in [6.07, 6.45) is 2.51. The van der Waals surface area contributed by atoms with E-state index < -0.39 is 260 Å². The largest absolute Gasteiger partial charge is 0.481 e. The summed E-state index contributed by atoms with van der Waals surface area (Å²) in [7, 11) is -3.16. The van der Waals surface area contributed by atoms with Crippen LogP contribution in [0, 0.1) is 36.5 Å². The third kappa shape index (κ3) is 40.8. The summed E-state index contributed by atoms with van der Waals surface area (Å²) >= 11 is 1.39. The van der Waals surface area contributed by atoms with E-state index in [0.717, 1.165) is 29.2 Å². The van der Waals surface area contributed by atoms with Crippen molar-refractivity contribution in [2.45, 2.75) is 295 Å². The van der Waals surface area contributed by atoms with Gasteiger partial charge in [0.05, 0.1) is 59.4 Å². The van der Waals surface area contributed by atoms with Crippen molar-refractivity contribution in [2.24, 2.45) is 34.7 Å². The van der Waals surface area contributed by atoms with Crippen LogP contribution in [0.1, 0.15) is 258 Å². The number of ketones is 6. The van der Waals surface area contributed by atoms with Crippen LogP contribution in [-0.2, 0) is 128 Å². The number of carboxylic acid groups (broad SMARTS) is 5. The summed E-state index contributed by atoms with van der Waals surface area (Å²) in [6.45, 7) is 22.2. The van der Waals surface area contributed by atoms with Gasteiger partial charge in [-0.3, -0.25) is 86.1 Å². The van der Waals surface area contributed by atoms with Crippen molar-refractivity contribution >= 4 is 151 Å². The van der Waals surface area contributed by atoms with Crippen molar-refractivity contribution in [1.29, 1.82) is 0 Å². The van der Waals surface area contributed by atoms with Gasteiger partial charge in [-0.15, -0.1) is 0 Å². The summed E-state index contributed by atoms with van der Waals surface area (Å²) in [6, 6.07) is 9.37. The first-order valence-corrected chi connectivity index (χ1v) is 53.2. The minimum Gasteiger partial charge on any atom is -0.481 e. The Morgan fingerprint density at radius 2 is 1.15 bits per heavy atom. The van der Waals surface area contributed by atoms with Gasteiger partial charge in [0.2, 0.25) is 41.1 Å². The molecule has 148 heavy (non-hydrogen) atoms. The van der Waals surface area contributed by atoms with Crippen molar-refractivity contribution < 1.29 is 148 Å². The molecule has 814 valence electrons. The Hall–Kier alpha value is -12.5. The van der Waals surface area contributed by atoms with Gasteiger partial charge in [-0.1, -0.05) is 107 Å². The van der Waals surface area contributed by atoms with Gasteiger partial charge >= 0.3 is 35.9 Å². The molecule has 3 heterocycles. The summed E-state index contributed by atoms with van der Waals surface area (Å²) < 4.78 is 52.9. The lowest BCUT2D eigenvalue weighted by atomic mass is 9.81. The average Bonchev–Trinajstić information content (AvgIpc) is 1.59. The highest BCUT2D eigenvalue weighted by molar-refractivity contribution is 7.98. The molecule has 3 aliphatic heterocycles. The number of aryl methyl sites for hydroxylation is 1. The number of nitrogens with one attached hydrogen (secondary N) is 6. The lowest BCUT2D eigenvalue weighted by molar-refractivity contribution is -0.433. The number of Topliss-reactive ketones (excluding diaryl/α,β-unsaturated/α-hetero) is 6. The van der Waals surface area contributed by atoms with Crippen LogP contribution >= 0.6 is 11.8 Å². The number of nitrogens with zero attached hydrogens (tertiary/aromatic N) is 4. The molecular weight excluding hydrogens is 1960 g/mol. The molecule has 6 rings (SSSR count). The van der Waals surface area contributed by atoms with Crippen molar-refractivity contribution in [3.63, 3.8) is 0 Å². The molecule has 3 aliphatic rings. The van der Waals surface area contributed by atoms with Crippen LogP contribution in [0.3, 0.4) is 0 Å². The molecule has 12 N–H and O–H groups in total. The zero-order valence-electron chi connectivity index (χ0n) is 87.1. The number of unbranched alkanes of at least 4 members (excludes halogenated alkanes) is 2. The van der Waals surface area contributed by atoms with Crippen molar-refractivity contribution in [3.8, 4) is 0 Å². The first-order chi connectivity index (χ1) is 69.9. The molecule has 42 heteroatoms. The maximum Gasteiger partial charge on any atom is 0.407 e. The van der Waals surface area contributed by atoms with Crippen molar-refractivity contribution in [2.75, 3.05) is 83.2 Å². The van der Waals surface area contributed by atoms with E-state index in [4.69, 9.17) is 19.0 Å². The van der Waals surface area contributed by atoms with E-state index in [1.54, 1.807) is 43.5 Å². The number of likely N-dealkylation sites (tertiary alicyclic amines) is 1. The second-order valence-corrected chi connectivity index (χ2v) is 41.8. The standard InChI is InChI=1S/C106H148N10O30S2/c1-14-114-83-39-28-67(6)57-76(83)105(8,9)91(114)26-18-15-19-27-92-106(10,11)77-62-75(148(140,141)142)36-40-84(77)115(92)49-20-16-17-23-74(117)59-71(33-43-95(125)126)100(135)109-78(37-46-98(131)132)89(121)60-72(34-44-96(127)128)101(136)110-79(38-47-99(133)134)90(122)61-73(35-45-97(129)130)102(137)111-81(58-69-29-31-70(32-30-69)68(7)113-146-52-48-107-104(139)145-54-53-143-12)86(118)25-22-51-144-63-94(124)116-50-21-24-85(116)103(138)112-80(55-65(2)3)87(119)41-42-93(123)108-82(64-147-13)88(120)56-66(4)5/h15,18-19,26-32,36,39-40,57,62,65-66,71-73,78-82,85H,14,16-17,20-25,33-35,37-38,41-56,58-61,63-64H2,1-13H3,(H11-,107,108,109,110,111,112,123,125,126,127,128,129,130,131,132,133,134,135,136,137,138,139,140,141,142)/p+1/b113-68+/t71-,72-,73-,78+,79+,80-,81-,82-,85-/m0/s1. The quantitative estimate of drug-likeness (QED) is 0.00624. The van der Waals surface area contributed by atoms with Gasteiger partial charge in [0.15, 0.2) is 34.6 Å². The number of allylic oxidation sites excluding steroid dienone is 6. The van der Waals surface area contributed by atoms with E-state index in [0.29, 0.717) is 59.6 Å². The van der Waals surface area contributed by atoms with E-state index in [9.17, 15) is 125 Å². The number of benzene rings is 3. The normalized spacial score (nSPS) is 16.1. The van der Waals surface area contributed by atoms with Gasteiger partial charge in [0, 0.05) is 168 Å². The van der Waals surface area contributed by atoms with Gasteiger partial charge in [-0.05, 0) is 177 Å². The Bertz CT molecular complexity index is 5470. The van der Waals surface area contributed by atoms with Crippen LogP contribution in [0.15, 0.2) is 107 Å². The molecule has 0 aromatic heterocycles. The number of thioether (sulfide) groups is 1. The molecule has 0 saturated carbocycles. The van der Waals surface area contributed by atoms with E-state index in [2.05, 4.69) is 93.6 Å². The number of methoxy groups -OCH3 is 1. The first-order valence-electron chi connectivity index (χ1n) is 50.4. The minimum atomic E-state index is -4.60. The number of carbonyl (C=O) groups excluding carboxylic acids is 13. The third-order valence-electron chi connectivity index (χ3n) is 26.1. The molecule has 3 aromatic rings. The van der Waals surface area contributed by atoms with E-state index in [-0.39, 0.29) is 132 Å². The van der Waals surface area contributed by atoms with Gasteiger partial charge in [0.25, 0.3) is 10.1 Å². The third-order valence-corrected chi connectivity index (χ3v) is 27.6. The van der Waals surface area contributed by atoms with Crippen LogP contribution < -0.4 is 36.8 Å². The lowest BCUT2D eigenvalue weighted by Gasteiger charge is -2.27. The fourth-order valence-electron chi connectivity index (χ4n) is 18.1. The number of alkyl carbamates (subject to hydrolysis) is 1. The number of ether oxygens (including phenoxy) is 3. The Morgan fingerprint density at radius 3 is 1.71 bits per heavy atom. The Balaban J connectivity index is 1.17. The van der Waals surface area contributed by atoms with Crippen LogP contribution in [-0.4, -0.2) is 280 Å². The molecule has 9 atom stereocenters. The average molecular weight is 2110 g/mol. The van der Waals surface area contributed by atoms with Crippen molar-refractivity contribution in [3.05, 3.63) is 125 Å². The number of fused-ring (bicyclic) bond motifs is 2. The van der Waals surface area contributed by atoms with Gasteiger partial charge in [-0.25, -0.2) is 4.79 Å². The summed E-state index contributed by atoms with van der Waals surface area (Å²) in [5.74, 6) is -20.6. The van der Waals surface area contributed by atoms with Gasteiger partial charge in [-0.2, -0.15) is 24.8 Å². The van der Waals surface area contributed by atoms with E-state index in [1.165, 1.54) is 41.5 Å². The van der Waals surface area contributed by atoms with Crippen molar-refractivity contribution in [1.82, 2.24) is 36.8 Å². The predicted octanol–water partition coefficient (Wildman–Crippen LogP) is 10.6. The Morgan fingerprint density at radius 1 is 0.574 bits per heavy atom. The van der Waals surface area contributed by atoms with Crippen LogP contribution in [0.4, 0.5) is 16.2 Å². The highest BCUT2D eigenvalue weighted by Gasteiger charge is 2.46. The SMILES string of the molecule is CC[N+]1=C(/C=C/C=C/C=C2/N(CCCCCC(=O)C[C@H](CCC(=O)O)C(=O)N[C@H](CCC(=O)O)C(=O)C[C@H](CCC(=O)O)C(=O)N[C@H](CCC(=O)O)C(=O)C[C@H](CCC(=O)O)C(=O)N[C@@H](Cc3ccc(/C(C)=N/OCCNC(=O)OCCOC)cc3)C(=O)CCCOCC(=O)N3CCC[C@H]3C(=O)N[C@@H](CC(C)C)C(=O)CCC(=O)N[C@@H](CSC)C(=O)CC(C)C)c3ccc(S(=O)(=O)O)cc3C2(C)C)C(C)(C)c2cc(C)ccc21. The summed E-state index contributed by atoms with van der Waals surface area (Å²) in [5.41, 5.74) is 7.00. The second kappa shape index (κ2) is 61.4. The summed E-state index contributed by atoms with van der Waals surface area (Å²) in [5, 5.41) is 69.3. The molecule has 0 radical (unpaired) electrons. The van der Waals surface area contributed by atoms with Crippen LogP contribution in [0.2, 0.25) is 0 Å². The first kappa shape index (κ1) is 124. The van der Waals surface area contributed by atoms with Crippen LogP contribution in [0.5, 0.6) is 0 Å².